The first-order chi connectivity index (χ1) is 9.86. The molecule has 1 saturated carbocycles. The minimum atomic E-state index is 0.233. The molecule has 0 spiro atoms. The average molecular weight is 295 g/mol. The highest BCUT2D eigenvalue weighted by Gasteiger charge is 2.35. The average Bonchev–Trinajstić information content (AvgIpc) is 2.41. The number of nitrogens with zero attached hydrogens (tertiary/aromatic N) is 1. The Morgan fingerprint density at radius 2 is 1.95 bits per heavy atom. The van der Waals surface area contributed by atoms with Crippen molar-refractivity contribution < 1.29 is 9.53 Å². The molecular formula is C18H33NO2. The third kappa shape index (κ3) is 5.07. The van der Waals surface area contributed by atoms with Gasteiger partial charge in [0, 0.05) is 32.0 Å². The second kappa shape index (κ2) is 7.23. The topological polar surface area (TPSA) is 29.5 Å². The van der Waals surface area contributed by atoms with Crippen molar-refractivity contribution in [1.29, 1.82) is 0 Å². The maximum absolute atomic E-state index is 12.2. The summed E-state index contributed by atoms with van der Waals surface area (Å²) in [6.07, 6.45) is 6.96. The molecule has 0 bridgehead atoms. The monoisotopic (exact) mass is 295 g/mol. The minimum Gasteiger partial charge on any atom is -0.377 e. The van der Waals surface area contributed by atoms with Gasteiger partial charge in [0.1, 0.15) is 5.78 Å². The first kappa shape index (κ1) is 17.0. The Bertz CT molecular complexity index is 342. The highest BCUT2D eigenvalue weighted by atomic mass is 16.5. The maximum atomic E-state index is 12.2. The second-order valence-corrected chi connectivity index (χ2v) is 8.21. The number of carbonyl (C=O) groups is 1. The van der Waals surface area contributed by atoms with Crippen molar-refractivity contribution in [2.24, 2.45) is 17.3 Å². The number of likely N-dealkylation sites (N-methyl/N-ethyl adjacent to an activating group) is 1. The number of hydrogen-bond donors (Lipinski definition) is 0. The quantitative estimate of drug-likeness (QED) is 0.795. The fourth-order valence-electron chi connectivity index (χ4n) is 3.83. The summed E-state index contributed by atoms with van der Waals surface area (Å²) in [7, 11) is 2.14. The van der Waals surface area contributed by atoms with Crippen molar-refractivity contribution in [2.45, 2.75) is 65.4 Å². The predicted octanol–water partition coefficient (Wildman–Crippen LogP) is 3.52. The maximum Gasteiger partial charge on any atom is 0.137 e. The zero-order valence-electron chi connectivity index (χ0n) is 14.4. The van der Waals surface area contributed by atoms with Gasteiger partial charge in [-0.3, -0.25) is 4.79 Å². The molecule has 3 unspecified atom stereocenters. The first-order valence-corrected chi connectivity index (χ1v) is 8.69. The molecule has 0 aromatic heterocycles. The van der Waals surface area contributed by atoms with Gasteiger partial charge in [0.2, 0.25) is 0 Å². The van der Waals surface area contributed by atoms with E-state index in [1.54, 1.807) is 0 Å². The van der Waals surface area contributed by atoms with Crippen LogP contribution in [0.25, 0.3) is 0 Å². The molecule has 1 aliphatic heterocycles. The first-order valence-electron chi connectivity index (χ1n) is 8.69. The summed E-state index contributed by atoms with van der Waals surface area (Å²) in [6, 6.07) is 0. The van der Waals surface area contributed by atoms with Crippen molar-refractivity contribution in [3.8, 4) is 0 Å². The van der Waals surface area contributed by atoms with Crippen LogP contribution in [0.15, 0.2) is 0 Å². The van der Waals surface area contributed by atoms with Gasteiger partial charge in [-0.15, -0.1) is 0 Å². The largest absolute Gasteiger partial charge is 0.377 e. The van der Waals surface area contributed by atoms with Gasteiger partial charge < -0.3 is 9.64 Å². The number of ketones is 1. The predicted molar refractivity (Wildman–Crippen MR) is 86.4 cm³/mol. The molecule has 0 aromatic rings. The molecule has 3 atom stereocenters. The fourth-order valence-corrected chi connectivity index (χ4v) is 3.83. The van der Waals surface area contributed by atoms with Crippen molar-refractivity contribution >= 4 is 5.78 Å². The van der Waals surface area contributed by atoms with E-state index < -0.39 is 0 Å². The fraction of sp³-hybridized carbons (Fsp3) is 0.944. The lowest BCUT2D eigenvalue weighted by atomic mass is 9.68. The van der Waals surface area contributed by atoms with Crippen LogP contribution in [-0.2, 0) is 9.53 Å². The van der Waals surface area contributed by atoms with Gasteiger partial charge in [0.25, 0.3) is 0 Å². The Morgan fingerprint density at radius 3 is 2.57 bits per heavy atom. The standard InChI is InChI=1S/C18H33NO2/c1-18(2,3)15-8-9-17(20)14(11-15)12-19(4)13-16-7-5-6-10-21-16/h14-16H,5-13H2,1-4H3. The summed E-state index contributed by atoms with van der Waals surface area (Å²) in [5.41, 5.74) is 0.323. The van der Waals surface area contributed by atoms with Gasteiger partial charge in [0.15, 0.2) is 0 Å². The molecule has 2 aliphatic rings. The van der Waals surface area contributed by atoms with Crippen LogP contribution in [0.2, 0.25) is 0 Å². The van der Waals surface area contributed by atoms with E-state index in [-0.39, 0.29) is 5.92 Å². The Balaban J connectivity index is 1.83. The Morgan fingerprint density at radius 1 is 1.19 bits per heavy atom. The Labute approximate surface area is 130 Å². The SMILES string of the molecule is CN(CC1CCCCO1)CC1CC(C(C)(C)C)CCC1=O. The summed E-state index contributed by atoms with van der Waals surface area (Å²) >= 11 is 0. The number of rotatable bonds is 4. The van der Waals surface area contributed by atoms with Gasteiger partial charge in [-0.2, -0.15) is 0 Å². The summed E-state index contributed by atoms with van der Waals surface area (Å²) in [5, 5.41) is 0. The highest BCUT2D eigenvalue weighted by molar-refractivity contribution is 5.82. The van der Waals surface area contributed by atoms with E-state index in [4.69, 9.17) is 4.74 Å². The van der Waals surface area contributed by atoms with Gasteiger partial charge in [-0.25, -0.2) is 0 Å². The number of ether oxygens (including phenoxy) is 1. The molecule has 2 fully saturated rings. The van der Waals surface area contributed by atoms with Crippen LogP contribution < -0.4 is 0 Å². The van der Waals surface area contributed by atoms with Crippen molar-refractivity contribution in [3.05, 3.63) is 0 Å². The molecule has 1 aliphatic carbocycles. The van der Waals surface area contributed by atoms with E-state index in [0.29, 0.717) is 23.2 Å². The van der Waals surface area contributed by atoms with E-state index >= 15 is 0 Å². The van der Waals surface area contributed by atoms with Crippen LogP contribution in [0, 0.1) is 17.3 Å². The van der Waals surface area contributed by atoms with Crippen molar-refractivity contribution in [3.63, 3.8) is 0 Å². The Hall–Kier alpha value is -0.410. The number of Topliss-reactive ketones (excluding diaryl/α,β-unsaturated/α-hetero) is 1. The number of carbonyl (C=O) groups excluding carboxylic acids is 1. The molecule has 21 heavy (non-hydrogen) atoms. The van der Waals surface area contributed by atoms with Crippen molar-refractivity contribution in [2.75, 3.05) is 26.7 Å². The second-order valence-electron chi connectivity index (χ2n) is 8.21. The molecule has 2 rings (SSSR count). The van der Waals surface area contributed by atoms with E-state index in [1.165, 1.54) is 19.3 Å². The van der Waals surface area contributed by atoms with Gasteiger partial charge in [-0.1, -0.05) is 20.8 Å². The molecule has 0 aromatic carbocycles. The smallest absolute Gasteiger partial charge is 0.137 e. The molecule has 0 N–H and O–H groups in total. The molecule has 1 heterocycles. The van der Waals surface area contributed by atoms with Gasteiger partial charge in [-0.05, 0) is 50.5 Å². The summed E-state index contributed by atoms with van der Waals surface area (Å²) in [6.45, 7) is 9.72. The summed E-state index contributed by atoms with van der Waals surface area (Å²) in [5.74, 6) is 1.39. The zero-order valence-corrected chi connectivity index (χ0v) is 14.4. The van der Waals surface area contributed by atoms with Crippen LogP contribution in [-0.4, -0.2) is 43.5 Å². The molecule has 0 radical (unpaired) electrons. The lowest BCUT2D eigenvalue weighted by molar-refractivity contribution is -0.127. The molecule has 0 amide bonds. The number of hydrogen-bond acceptors (Lipinski definition) is 3. The van der Waals surface area contributed by atoms with Crippen LogP contribution in [0.1, 0.15) is 59.3 Å². The van der Waals surface area contributed by atoms with Crippen LogP contribution in [0.3, 0.4) is 0 Å². The third-order valence-electron chi connectivity index (χ3n) is 5.31. The molecule has 3 nitrogen and oxygen atoms in total. The van der Waals surface area contributed by atoms with Gasteiger partial charge in [0.05, 0.1) is 6.10 Å². The zero-order chi connectivity index (χ0) is 15.5. The van der Waals surface area contributed by atoms with Crippen LogP contribution in [0.4, 0.5) is 0 Å². The van der Waals surface area contributed by atoms with E-state index in [9.17, 15) is 4.79 Å². The minimum absolute atomic E-state index is 0.233. The highest BCUT2D eigenvalue weighted by Crippen LogP contribution is 2.39. The van der Waals surface area contributed by atoms with E-state index in [2.05, 4.69) is 32.7 Å². The van der Waals surface area contributed by atoms with Gasteiger partial charge >= 0.3 is 0 Å². The normalized spacial score (nSPS) is 31.7. The van der Waals surface area contributed by atoms with Crippen molar-refractivity contribution in [1.82, 2.24) is 4.90 Å². The van der Waals surface area contributed by atoms with Crippen LogP contribution >= 0.6 is 0 Å². The van der Waals surface area contributed by atoms with Crippen LogP contribution in [0.5, 0.6) is 0 Å². The van der Waals surface area contributed by atoms with E-state index in [0.717, 1.165) is 39.0 Å². The summed E-state index contributed by atoms with van der Waals surface area (Å²) in [4.78, 5) is 14.6. The molecular weight excluding hydrogens is 262 g/mol. The molecule has 1 saturated heterocycles. The molecule has 122 valence electrons. The third-order valence-corrected chi connectivity index (χ3v) is 5.31. The lowest BCUT2D eigenvalue weighted by Crippen LogP contribution is -2.41. The lowest BCUT2D eigenvalue weighted by Gasteiger charge is -2.38. The summed E-state index contributed by atoms with van der Waals surface area (Å²) < 4.78 is 5.81. The van der Waals surface area contributed by atoms with E-state index in [1.807, 2.05) is 0 Å². The molecule has 3 heteroatoms. The Kier molecular flexibility index (Phi) is 5.84.